The number of carbonyl (C=O) groups excluding carboxylic acids is 1. The van der Waals surface area contributed by atoms with Crippen LogP contribution in [0.2, 0.25) is 0 Å². The highest BCUT2D eigenvalue weighted by molar-refractivity contribution is 7.92. The SMILES string of the molecule is CCCCS(=O)(=O)CC(=O)c1c(C)cc(C)cc1C. The van der Waals surface area contributed by atoms with Gasteiger partial charge < -0.3 is 0 Å². The quantitative estimate of drug-likeness (QED) is 0.754. The zero-order valence-corrected chi connectivity index (χ0v) is 12.9. The van der Waals surface area contributed by atoms with Crippen LogP contribution in [-0.2, 0) is 9.84 Å². The van der Waals surface area contributed by atoms with Crippen molar-refractivity contribution in [2.75, 3.05) is 11.5 Å². The van der Waals surface area contributed by atoms with Crippen molar-refractivity contribution < 1.29 is 13.2 Å². The maximum Gasteiger partial charge on any atom is 0.178 e. The number of aryl methyl sites for hydroxylation is 3. The van der Waals surface area contributed by atoms with Gasteiger partial charge in [0.15, 0.2) is 15.6 Å². The fraction of sp³-hybridized carbons (Fsp3) is 0.533. The number of unbranched alkanes of at least 4 members (excludes halogenated alkanes) is 1. The van der Waals surface area contributed by atoms with E-state index in [1.807, 2.05) is 39.8 Å². The van der Waals surface area contributed by atoms with Crippen LogP contribution in [0.1, 0.15) is 46.8 Å². The van der Waals surface area contributed by atoms with Crippen LogP contribution in [0.25, 0.3) is 0 Å². The Balaban J connectivity index is 2.97. The zero-order valence-electron chi connectivity index (χ0n) is 12.1. The predicted octanol–water partition coefficient (Wildman–Crippen LogP) is 3.01. The molecule has 0 aliphatic carbocycles. The van der Waals surface area contributed by atoms with Gasteiger partial charge in [-0.15, -0.1) is 0 Å². The van der Waals surface area contributed by atoms with Crippen molar-refractivity contribution in [2.45, 2.75) is 40.5 Å². The molecule has 1 aromatic rings. The molecule has 106 valence electrons. The number of sulfone groups is 1. The summed E-state index contributed by atoms with van der Waals surface area (Å²) >= 11 is 0. The van der Waals surface area contributed by atoms with Crippen LogP contribution in [0.15, 0.2) is 12.1 Å². The maximum atomic E-state index is 12.2. The molecule has 0 atom stereocenters. The Hall–Kier alpha value is -1.16. The lowest BCUT2D eigenvalue weighted by molar-refractivity contribution is 0.102. The van der Waals surface area contributed by atoms with Crippen LogP contribution in [0.5, 0.6) is 0 Å². The minimum atomic E-state index is -3.28. The maximum absolute atomic E-state index is 12.2. The van der Waals surface area contributed by atoms with Crippen LogP contribution >= 0.6 is 0 Å². The largest absolute Gasteiger partial charge is 0.293 e. The summed E-state index contributed by atoms with van der Waals surface area (Å²) in [7, 11) is -3.28. The Kier molecular flexibility index (Phi) is 5.29. The van der Waals surface area contributed by atoms with Crippen molar-refractivity contribution in [1.29, 1.82) is 0 Å². The molecule has 0 N–H and O–H groups in total. The highest BCUT2D eigenvalue weighted by Crippen LogP contribution is 2.18. The fourth-order valence-corrected chi connectivity index (χ4v) is 3.74. The summed E-state index contributed by atoms with van der Waals surface area (Å²) in [5.74, 6) is -0.567. The molecule has 0 fully saturated rings. The second-order valence-electron chi connectivity index (χ2n) is 5.14. The lowest BCUT2D eigenvalue weighted by Gasteiger charge is -2.10. The minimum absolute atomic E-state index is 0.0964. The molecule has 0 aromatic heterocycles. The molecule has 0 aliphatic rings. The van der Waals surface area contributed by atoms with Gasteiger partial charge in [-0.1, -0.05) is 31.0 Å². The molecule has 19 heavy (non-hydrogen) atoms. The smallest absolute Gasteiger partial charge is 0.178 e. The van der Waals surface area contributed by atoms with E-state index in [1.165, 1.54) is 0 Å². The van der Waals surface area contributed by atoms with Gasteiger partial charge in [0.2, 0.25) is 0 Å². The van der Waals surface area contributed by atoms with Crippen molar-refractivity contribution in [3.05, 3.63) is 34.4 Å². The summed E-state index contributed by atoms with van der Waals surface area (Å²) in [6.07, 6.45) is 1.43. The van der Waals surface area contributed by atoms with Crippen molar-refractivity contribution in [3.63, 3.8) is 0 Å². The molecule has 0 saturated carbocycles. The van der Waals surface area contributed by atoms with E-state index in [9.17, 15) is 13.2 Å². The second kappa shape index (κ2) is 6.33. The number of ketones is 1. The average molecular weight is 282 g/mol. The number of rotatable bonds is 6. The van der Waals surface area contributed by atoms with E-state index >= 15 is 0 Å². The Labute approximate surface area is 116 Å². The van der Waals surface area contributed by atoms with Crippen LogP contribution < -0.4 is 0 Å². The molecule has 0 amide bonds. The van der Waals surface area contributed by atoms with Gasteiger partial charge in [-0.25, -0.2) is 8.42 Å². The molecule has 0 bridgehead atoms. The summed E-state index contributed by atoms with van der Waals surface area (Å²) in [4.78, 5) is 12.2. The summed E-state index contributed by atoms with van der Waals surface area (Å²) in [6, 6.07) is 3.83. The molecule has 3 nitrogen and oxygen atoms in total. The van der Waals surface area contributed by atoms with Gasteiger partial charge in [-0.3, -0.25) is 4.79 Å². The van der Waals surface area contributed by atoms with Gasteiger partial charge in [0, 0.05) is 5.56 Å². The normalized spacial score (nSPS) is 11.6. The lowest BCUT2D eigenvalue weighted by Crippen LogP contribution is -2.20. The van der Waals surface area contributed by atoms with E-state index in [1.54, 1.807) is 0 Å². The van der Waals surface area contributed by atoms with E-state index in [2.05, 4.69) is 0 Å². The number of carbonyl (C=O) groups is 1. The minimum Gasteiger partial charge on any atom is -0.293 e. The standard InChI is InChI=1S/C15H22O3S/c1-5-6-7-19(17,18)10-14(16)15-12(3)8-11(2)9-13(15)4/h8-9H,5-7,10H2,1-4H3. The molecule has 1 aromatic carbocycles. The zero-order chi connectivity index (χ0) is 14.6. The monoisotopic (exact) mass is 282 g/mol. The van der Waals surface area contributed by atoms with Crippen LogP contribution in [0.4, 0.5) is 0 Å². The van der Waals surface area contributed by atoms with Gasteiger partial charge in [-0.05, 0) is 38.3 Å². The number of hydrogen-bond acceptors (Lipinski definition) is 3. The number of hydrogen-bond donors (Lipinski definition) is 0. The molecule has 0 spiro atoms. The van der Waals surface area contributed by atoms with Crippen molar-refractivity contribution in [2.24, 2.45) is 0 Å². The van der Waals surface area contributed by atoms with E-state index in [0.29, 0.717) is 12.0 Å². The molecule has 0 aliphatic heterocycles. The van der Waals surface area contributed by atoms with Crippen LogP contribution in [-0.4, -0.2) is 25.7 Å². The highest BCUT2D eigenvalue weighted by Gasteiger charge is 2.20. The third-order valence-corrected chi connectivity index (χ3v) is 4.73. The molecule has 0 unspecified atom stereocenters. The van der Waals surface area contributed by atoms with Gasteiger partial charge in [0.25, 0.3) is 0 Å². The second-order valence-corrected chi connectivity index (χ2v) is 7.33. The summed E-state index contributed by atoms with van der Waals surface area (Å²) < 4.78 is 23.7. The number of Topliss-reactive ketones (excluding diaryl/α,β-unsaturated/α-hetero) is 1. The van der Waals surface area contributed by atoms with E-state index in [4.69, 9.17) is 0 Å². The van der Waals surface area contributed by atoms with Crippen molar-refractivity contribution in [1.82, 2.24) is 0 Å². The number of benzene rings is 1. The molecule has 4 heteroatoms. The van der Waals surface area contributed by atoms with E-state index in [-0.39, 0.29) is 17.3 Å². The van der Waals surface area contributed by atoms with Crippen LogP contribution in [0, 0.1) is 20.8 Å². The Morgan fingerprint density at radius 3 is 2.11 bits per heavy atom. The summed E-state index contributed by atoms with van der Waals surface area (Å²) in [5.41, 5.74) is 3.35. The molecule has 0 heterocycles. The first-order chi connectivity index (χ1) is 8.76. The lowest BCUT2D eigenvalue weighted by atomic mass is 9.97. The average Bonchev–Trinajstić information content (AvgIpc) is 2.24. The summed E-state index contributed by atoms with van der Waals surface area (Å²) in [6.45, 7) is 7.61. The Bertz CT molecular complexity index is 548. The van der Waals surface area contributed by atoms with Gasteiger partial charge in [0.05, 0.1) is 5.75 Å². The molecule has 0 radical (unpaired) electrons. The van der Waals surface area contributed by atoms with Gasteiger partial charge in [0.1, 0.15) is 5.75 Å². The molecule has 1 rings (SSSR count). The highest BCUT2D eigenvalue weighted by atomic mass is 32.2. The Morgan fingerprint density at radius 2 is 1.63 bits per heavy atom. The first kappa shape index (κ1) is 15.9. The topological polar surface area (TPSA) is 51.2 Å². The third-order valence-electron chi connectivity index (χ3n) is 3.12. The first-order valence-electron chi connectivity index (χ1n) is 6.58. The molecular formula is C15H22O3S. The van der Waals surface area contributed by atoms with Crippen LogP contribution in [0.3, 0.4) is 0 Å². The Morgan fingerprint density at radius 1 is 1.11 bits per heavy atom. The predicted molar refractivity (Wildman–Crippen MR) is 78.5 cm³/mol. The first-order valence-corrected chi connectivity index (χ1v) is 8.40. The fourth-order valence-electron chi connectivity index (χ4n) is 2.33. The summed E-state index contributed by atoms with van der Waals surface area (Å²) in [5, 5.41) is 0. The van der Waals surface area contributed by atoms with Crippen molar-refractivity contribution in [3.8, 4) is 0 Å². The van der Waals surface area contributed by atoms with E-state index < -0.39 is 9.84 Å². The third kappa shape index (κ3) is 4.46. The van der Waals surface area contributed by atoms with E-state index in [0.717, 1.165) is 23.1 Å². The molecular weight excluding hydrogens is 260 g/mol. The van der Waals surface area contributed by atoms with Gasteiger partial charge >= 0.3 is 0 Å². The van der Waals surface area contributed by atoms with Crippen molar-refractivity contribution >= 4 is 15.6 Å². The van der Waals surface area contributed by atoms with Gasteiger partial charge in [-0.2, -0.15) is 0 Å². The molecule has 0 saturated heterocycles.